The van der Waals surface area contributed by atoms with Gasteiger partial charge in [0.2, 0.25) is 5.91 Å². The lowest BCUT2D eigenvalue weighted by Gasteiger charge is -2.09. The van der Waals surface area contributed by atoms with Crippen LogP contribution < -0.4 is 5.32 Å². The van der Waals surface area contributed by atoms with E-state index in [2.05, 4.69) is 10.3 Å². The summed E-state index contributed by atoms with van der Waals surface area (Å²) in [5, 5.41) is 3.92. The van der Waals surface area contributed by atoms with Gasteiger partial charge in [0, 0.05) is 18.0 Å². The SMILES string of the molecule is Cc1nc(C)c(CC(=O)NCCN(C)C)s1. The number of hydrogen-bond acceptors (Lipinski definition) is 4. The number of likely N-dealkylation sites (N-methyl/N-ethyl adjacent to an activating group) is 1. The molecule has 0 aliphatic rings. The third-order valence-electron chi connectivity index (χ3n) is 2.20. The Hall–Kier alpha value is -0.940. The van der Waals surface area contributed by atoms with Gasteiger partial charge in [-0.3, -0.25) is 4.79 Å². The highest BCUT2D eigenvalue weighted by molar-refractivity contribution is 7.11. The molecule has 0 unspecified atom stereocenters. The molecule has 1 amide bonds. The summed E-state index contributed by atoms with van der Waals surface area (Å²) in [4.78, 5) is 19.0. The minimum absolute atomic E-state index is 0.0774. The maximum absolute atomic E-state index is 11.6. The van der Waals surface area contributed by atoms with E-state index < -0.39 is 0 Å². The first-order chi connectivity index (χ1) is 7.49. The molecule has 4 nitrogen and oxygen atoms in total. The zero-order chi connectivity index (χ0) is 12.1. The average Bonchev–Trinajstić information content (AvgIpc) is 2.44. The molecule has 1 N–H and O–H groups in total. The normalized spacial score (nSPS) is 10.8. The second-order valence-corrected chi connectivity index (χ2v) is 5.36. The molecule has 0 aromatic carbocycles. The van der Waals surface area contributed by atoms with Crippen molar-refractivity contribution in [2.75, 3.05) is 27.2 Å². The van der Waals surface area contributed by atoms with Crippen molar-refractivity contribution in [1.82, 2.24) is 15.2 Å². The maximum atomic E-state index is 11.6. The van der Waals surface area contributed by atoms with Gasteiger partial charge in [-0.25, -0.2) is 4.98 Å². The van der Waals surface area contributed by atoms with Gasteiger partial charge in [0.15, 0.2) is 0 Å². The van der Waals surface area contributed by atoms with Crippen LogP contribution in [-0.4, -0.2) is 43.0 Å². The molecule has 1 heterocycles. The molecular formula is C11H19N3OS. The summed E-state index contributed by atoms with van der Waals surface area (Å²) in [6.07, 6.45) is 0.449. The molecular weight excluding hydrogens is 222 g/mol. The molecule has 0 fully saturated rings. The largest absolute Gasteiger partial charge is 0.355 e. The van der Waals surface area contributed by atoms with E-state index in [1.807, 2.05) is 32.8 Å². The van der Waals surface area contributed by atoms with Gasteiger partial charge in [0.1, 0.15) is 0 Å². The van der Waals surface area contributed by atoms with Gasteiger partial charge in [0.25, 0.3) is 0 Å². The van der Waals surface area contributed by atoms with Crippen LogP contribution in [0.2, 0.25) is 0 Å². The summed E-state index contributed by atoms with van der Waals surface area (Å²) in [6, 6.07) is 0. The van der Waals surface area contributed by atoms with E-state index in [-0.39, 0.29) is 5.91 Å². The summed E-state index contributed by atoms with van der Waals surface area (Å²) >= 11 is 1.60. The van der Waals surface area contributed by atoms with Gasteiger partial charge in [-0.2, -0.15) is 0 Å². The third-order valence-corrected chi connectivity index (χ3v) is 3.27. The van der Waals surface area contributed by atoms with E-state index in [1.54, 1.807) is 11.3 Å². The first kappa shape index (κ1) is 13.1. The number of rotatable bonds is 5. The number of amides is 1. The molecule has 0 radical (unpaired) electrons. The molecule has 0 saturated carbocycles. The minimum Gasteiger partial charge on any atom is -0.355 e. The van der Waals surface area contributed by atoms with Crippen molar-refractivity contribution >= 4 is 17.2 Å². The predicted octanol–water partition coefficient (Wildman–Crippen LogP) is 0.980. The molecule has 90 valence electrons. The Labute approximate surface area is 101 Å². The Bertz CT molecular complexity index is 360. The Kier molecular flexibility index (Phi) is 4.89. The standard InChI is InChI=1S/C11H19N3OS/c1-8-10(16-9(2)13-8)7-11(15)12-5-6-14(3)4/h5-7H2,1-4H3,(H,12,15). The molecule has 0 spiro atoms. The molecule has 16 heavy (non-hydrogen) atoms. The van der Waals surface area contributed by atoms with Crippen LogP contribution in [0.1, 0.15) is 15.6 Å². The summed E-state index contributed by atoms with van der Waals surface area (Å²) in [5.74, 6) is 0.0774. The van der Waals surface area contributed by atoms with Crippen molar-refractivity contribution in [3.05, 3.63) is 15.6 Å². The Morgan fingerprint density at radius 1 is 1.44 bits per heavy atom. The van der Waals surface area contributed by atoms with Gasteiger partial charge >= 0.3 is 0 Å². The molecule has 0 aliphatic heterocycles. The number of hydrogen-bond donors (Lipinski definition) is 1. The van der Waals surface area contributed by atoms with Crippen LogP contribution in [-0.2, 0) is 11.2 Å². The number of aryl methyl sites for hydroxylation is 2. The summed E-state index contributed by atoms with van der Waals surface area (Å²) in [6.45, 7) is 5.48. The van der Waals surface area contributed by atoms with Gasteiger partial charge in [-0.15, -0.1) is 11.3 Å². The van der Waals surface area contributed by atoms with Crippen molar-refractivity contribution in [2.24, 2.45) is 0 Å². The van der Waals surface area contributed by atoms with Gasteiger partial charge in [0.05, 0.1) is 17.1 Å². The fourth-order valence-electron chi connectivity index (χ4n) is 1.36. The van der Waals surface area contributed by atoms with Crippen molar-refractivity contribution in [3.63, 3.8) is 0 Å². The summed E-state index contributed by atoms with van der Waals surface area (Å²) in [5.41, 5.74) is 0.977. The fraction of sp³-hybridized carbons (Fsp3) is 0.636. The lowest BCUT2D eigenvalue weighted by Crippen LogP contribution is -2.32. The number of nitrogens with zero attached hydrogens (tertiary/aromatic N) is 2. The maximum Gasteiger partial charge on any atom is 0.225 e. The second-order valence-electron chi connectivity index (χ2n) is 4.07. The van der Waals surface area contributed by atoms with E-state index in [9.17, 15) is 4.79 Å². The molecule has 1 aromatic rings. The van der Waals surface area contributed by atoms with Gasteiger partial charge in [-0.05, 0) is 27.9 Å². The van der Waals surface area contributed by atoms with E-state index >= 15 is 0 Å². The molecule has 0 saturated heterocycles. The van der Waals surface area contributed by atoms with Crippen LogP contribution in [0.15, 0.2) is 0 Å². The second kappa shape index (κ2) is 5.96. The first-order valence-corrected chi connectivity index (χ1v) is 6.15. The molecule has 0 bridgehead atoms. The number of carbonyl (C=O) groups excluding carboxylic acids is 1. The van der Waals surface area contributed by atoms with E-state index in [0.29, 0.717) is 13.0 Å². The number of nitrogens with one attached hydrogen (secondary N) is 1. The fourth-order valence-corrected chi connectivity index (χ4v) is 2.30. The van der Waals surface area contributed by atoms with E-state index in [1.165, 1.54) is 0 Å². The van der Waals surface area contributed by atoms with Crippen LogP contribution in [0, 0.1) is 13.8 Å². The Morgan fingerprint density at radius 2 is 2.12 bits per heavy atom. The van der Waals surface area contributed by atoms with Gasteiger partial charge in [-0.1, -0.05) is 0 Å². The van der Waals surface area contributed by atoms with Crippen molar-refractivity contribution in [1.29, 1.82) is 0 Å². The van der Waals surface area contributed by atoms with E-state index in [0.717, 1.165) is 22.1 Å². The summed E-state index contributed by atoms with van der Waals surface area (Å²) < 4.78 is 0. The van der Waals surface area contributed by atoms with Crippen LogP contribution in [0.25, 0.3) is 0 Å². The third kappa shape index (κ3) is 4.28. The first-order valence-electron chi connectivity index (χ1n) is 5.33. The molecule has 5 heteroatoms. The smallest absolute Gasteiger partial charge is 0.225 e. The van der Waals surface area contributed by atoms with Gasteiger partial charge < -0.3 is 10.2 Å². The summed E-state index contributed by atoms with van der Waals surface area (Å²) in [7, 11) is 3.98. The molecule has 1 aromatic heterocycles. The number of thiazole rings is 1. The number of carbonyl (C=O) groups is 1. The highest BCUT2D eigenvalue weighted by atomic mass is 32.1. The highest BCUT2D eigenvalue weighted by Crippen LogP contribution is 2.17. The average molecular weight is 241 g/mol. The molecule has 1 rings (SSSR count). The molecule has 0 atom stereocenters. The lowest BCUT2D eigenvalue weighted by atomic mass is 10.3. The Morgan fingerprint density at radius 3 is 2.62 bits per heavy atom. The lowest BCUT2D eigenvalue weighted by molar-refractivity contribution is -0.120. The van der Waals surface area contributed by atoms with Crippen molar-refractivity contribution in [3.8, 4) is 0 Å². The van der Waals surface area contributed by atoms with Crippen LogP contribution in [0.4, 0.5) is 0 Å². The monoisotopic (exact) mass is 241 g/mol. The van der Waals surface area contributed by atoms with Crippen LogP contribution in [0.3, 0.4) is 0 Å². The zero-order valence-corrected chi connectivity index (χ0v) is 11.1. The minimum atomic E-state index is 0.0774. The van der Waals surface area contributed by atoms with Crippen molar-refractivity contribution < 1.29 is 4.79 Å². The van der Waals surface area contributed by atoms with Crippen LogP contribution >= 0.6 is 11.3 Å². The van der Waals surface area contributed by atoms with Crippen molar-refractivity contribution in [2.45, 2.75) is 20.3 Å². The molecule has 0 aliphatic carbocycles. The predicted molar refractivity (Wildman–Crippen MR) is 66.9 cm³/mol. The zero-order valence-electron chi connectivity index (χ0n) is 10.3. The quantitative estimate of drug-likeness (QED) is 0.836. The van der Waals surface area contributed by atoms with Crippen LogP contribution in [0.5, 0.6) is 0 Å². The van der Waals surface area contributed by atoms with E-state index in [4.69, 9.17) is 0 Å². The highest BCUT2D eigenvalue weighted by Gasteiger charge is 2.09. The topological polar surface area (TPSA) is 45.2 Å². The Balaban J connectivity index is 2.37. The number of aromatic nitrogens is 1.